The fourth-order valence-corrected chi connectivity index (χ4v) is 3.65. The second-order valence-electron chi connectivity index (χ2n) is 6.02. The molecule has 1 amide bonds. The zero-order valence-electron chi connectivity index (χ0n) is 12.2. The van der Waals surface area contributed by atoms with Crippen molar-refractivity contribution in [3.05, 3.63) is 29.6 Å². The number of nitrogens with one attached hydrogen (secondary N) is 1. The molecule has 0 aromatic heterocycles. The monoisotopic (exact) mass is 292 g/mol. The van der Waals surface area contributed by atoms with Crippen molar-refractivity contribution in [2.24, 2.45) is 11.1 Å². The molecule has 3 rings (SSSR count). The summed E-state index contributed by atoms with van der Waals surface area (Å²) in [5, 5.41) is 3.43. The Hall–Kier alpha value is -1.62. The van der Waals surface area contributed by atoms with Crippen LogP contribution in [0, 0.1) is 11.2 Å². The van der Waals surface area contributed by atoms with Gasteiger partial charge < -0.3 is 15.8 Å². The van der Waals surface area contributed by atoms with Crippen LogP contribution in [0.5, 0.6) is 0 Å². The number of hydrogen-bond donors (Lipinski definition) is 2. The third kappa shape index (κ3) is 2.29. The van der Waals surface area contributed by atoms with Crippen LogP contribution in [0.25, 0.3) is 0 Å². The molecule has 4 nitrogen and oxygen atoms in total. The van der Waals surface area contributed by atoms with Crippen LogP contribution >= 0.6 is 0 Å². The Morgan fingerprint density at radius 1 is 1.52 bits per heavy atom. The highest BCUT2D eigenvalue weighted by Gasteiger charge is 2.58. The molecule has 0 saturated heterocycles. The summed E-state index contributed by atoms with van der Waals surface area (Å²) in [7, 11) is 0. The molecule has 2 saturated carbocycles. The standard InChI is InChI=1S/C16H21FN2O2/c1-2-21-14-9-13(16(14)6-3-7-16)19-10-4-5-12(17)11(8-10)15(18)20/h4-5,8,13-14,19H,2-3,6-7,9H2,1H3,(H2,18,20). The zero-order valence-corrected chi connectivity index (χ0v) is 12.2. The first-order valence-electron chi connectivity index (χ1n) is 7.54. The van der Waals surface area contributed by atoms with E-state index >= 15 is 0 Å². The predicted molar refractivity (Wildman–Crippen MR) is 78.6 cm³/mol. The number of hydrogen-bond acceptors (Lipinski definition) is 3. The minimum absolute atomic E-state index is 0.0664. The normalized spacial score (nSPS) is 26.0. The maximum absolute atomic E-state index is 13.5. The van der Waals surface area contributed by atoms with E-state index in [-0.39, 0.29) is 11.0 Å². The van der Waals surface area contributed by atoms with Gasteiger partial charge in [-0.2, -0.15) is 0 Å². The molecule has 2 aliphatic rings. The van der Waals surface area contributed by atoms with E-state index in [1.807, 2.05) is 6.92 Å². The third-order valence-corrected chi connectivity index (χ3v) is 5.01. The summed E-state index contributed by atoms with van der Waals surface area (Å²) < 4.78 is 19.3. The Bertz CT molecular complexity index is 557. The second-order valence-corrected chi connectivity index (χ2v) is 6.02. The van der Waals surface area contributed by atoms with Gasteiger partial charge in [-0.15, -0.1) is 0 Å². The number of rotatable bonds is 5. The molecule has 21 heavy (non-hydrogen) atoms. The van der Waals surface area contributed by atoms with Crippen molar-refractivity contribution in [2.75, 3.05) is 11.9 Å². The molecule has 0 bridgehead atoms. The van der Waals surface area contributed by atoms with Crippen molar-refractivity contribution >= 4 is 11.6 Å². The van der Waals surface area contributed by atoms with E-state index in [0.29, 0.717) is 12.1 Å². The highest BCUT2D eigenvalue weighted by Crippen LogP contribution is 2.58. The van der Waals surface area contributed by atoms with E-state index < -0.39 is 11.7 Å². The Morgan fingerprint density at radius 2 is 2.29 bits per heavy atom. The molecule has 2 atom stereocenters. The summed E-state index contributed by atoms with van der Waals surface area (Å²) in [4.78, 5) is 11.2. The Kier molecular flexibility index (Phi) is 3.61. The van der Waals surface area contributed by atoms with Crippen LogP contribution in [0.1, 0.15) is 43.0 Å². The number of amides is 1. The van der Waals surface area contributed by atoms with Gasteiger partial charge in [-0.25, -0.2) is 4.39 Å². The van der Waals surface area contributed by atoms with E-state index in [4.69, 9.17) is 10.5 Å². The van der Waals surface area contributed by atoms with Crippen LogP contribution in [-0.2, 0) is 4.74 Å². The smallest absolute Gasteiger partial charge is 0.251 e. The first-order valence-corrected chi connectivity index (χ1v) is 7.54. The molecule has 114 valence electrons. The molecule has 2 aliphatic carbocycles. The van der Waals surface area contributed by atoms with Gasteiger partial charge in [0.25, 0.3) is 5.91 Å². The molecule has 1 spiro atoms. The molecular formula is C16H21FN2O2. The fraction of sp³-hybridized carbons (Fsp3) is 0.562. The Balaban J connectivity index is 1.73. The first kappa shape index (κ1) is 14.3. The van der Waals surface area contributed by atoms with Crippen molar-refractivity contribution in [3.63, 3.8) is 0 Å². The highest BCUT2D eigenvalue weighted by atomic mass is 19.1. The van der Waals surface area contributed by atoms with E-state index in [2.05, 4.69) is 5.32 Å². The number of halogens is 1. The average Bonchev–Trinajstić information content (AvgIpc) is 2.37. The molecule has 2 fully saturated rings. The van der Waals surface area contributed by atoms with E-state index in [1.54, 1.807) is 6.07 Å². The van der Waals surface area contributed by atoms with E-state index in [9.17, 15) is 9.18 Å². The summed E-state index contributed by atoms with van der Waals surface area (Å²) >= 11 is 0. The molecule has 0 aliphatic heterocycles. The predicted octanol–water partition coefficient (Wildman–Crippen LogP) is 2.68. The van der Waals surface area contributed by atoms with E-state index in [0.717, 1.165) is 18.7 Å². The molecule has 1 aromatic carbocycles. The molecular weight excluding hydrogens is 271 g/mol. The number of anilines is 1. The van der Waals surface area contributed by atoms with Crippen molar-refractivity contribution in [1.82, 2.24) is 0 Å². The van der Waals surface area contributed by atoms with Gasteiger partial charge in [-0.1, -0.05) is 6.42 Å². The number of primary amides is 1. The van der Waals surface area contributed by atoms with Crippen molar-refractivity contribution in [1.29, 1.82) is 0 Å². The van der Waals surface area contributed by atoms with Crippen LogP contribution in [0.3, 0.4) is 0 Å². The SMILES string of the molecule is CCOC1CC(Nc2ccc(F)c(C(N)=O)c2)C12CCC2. The minimum Gasteiger partial charge on any atom is -0.382 e. The maximum Gasteiger partial charge on any atom is 0.251 e. The van der Waals surface area contributed by atoms with E-state index in [1.165, 1.54) is 31.4 Å². The van der Waals surface area contributed by atoms with Gasteiger partial charge in [0.1, 0.15) is 5.82 Å². The van der Waals surface area contributed by atoms with Crippen LogP contribution < -0.4 is 11.1 Å². The summed E-state index contributed by atoms with van der Waals surface area (Å²) in [6, 6.07) is 4.77. The number of carbonyl (C=O) groups is 1. The Labute approximate surface area is 123 Å². The molecule has 0 heterocycles. The van der Waals surface area contributed by atoms with Crippen LogP contribution in [0.2, 0.25) is 0 Å². The summed E-state index contributed by atoms with van der Waals surface area (Å²) in [5.74, 6) is -1.32. The van der Waals surface area contributed by atoms with Crippen molar-refractivity contribution < 1.29 is 13.9 Å². The average molecular weight is 292 g/mol. The van der Waals surface area contributed by atoms with Gasteiger partial charge in [0.2, 0.25) is 0 Å². The molecule has 5 heteroatoms. The van der Waals surface area contributed by atoms with Crippen molar-refractivity contribution in [2.45, 2.75) is 44.8 Å². The summed E-state index contributed by atoms with van der Waals surface area (Å²) in [6.07, 6.45) is 4.84. The number of benzene rings is 1. The lowest BCUT2D eigenvalue weighted by Gasteiger charge is -2.61. The lowest BCUT2D eigenvalue weighted by atomic mass is 9.51. The Morgan fingerprint density at radius 3 is 2.86 bits per heavy atom. The zero-order chi connectivity index (χ0) is 15.0. The van der Waals surface area contributed by atoms with Crippen LogP contribution in [-0.4, -0.2) is 24.7 Å². The number of ether oxygens (including phenoxy) is 1. The molecule has 2 unspecified atom stereocenters. The van der Waals surface area contributed by atoms with Gasteiger partial charge in [-0.3, -0.25) is 4.79 Å². The lowest BCUT2D eigenvalue weighted by Crippen LogP contribution is -2.64. The largest absolute Gasteiger partial charge is 0.382 e. The highest BCUT2D eigenvalue weighted by molar-refractivity contribution is 5.94. The van der Waals surface area contributed by atoms with Gasteiger partial charge in [0.15, 0.2) is 0 Å². The molecule has 1 aromatic rings. The van der Waals surface area contributed by atoms with Gasteiger partial charge in [-0.05, 0) is 44.4 Å². The third-order valence-electron chi connectivity index (χ3n) is 5.01. The first-order chi connectivity index (χ1) is 10.1. The van der Waals surface area contributed by atoms with Gasteiger partial charge >= 0.3 is 0 Å². The lowest BCUT2D eigenvalue weighted by molar-refractivity contribution is -0.157. The molecule has 3 N–H and O–H groups in total. The maximum atomic E-state index is 13.5. The molecule has 0 radical (unpaired) electrons. The van der Waals surface area contributed by atoms with Gasteiger partial charge in [0, 0.05) is 23.8 Å². The summed E-state index contributed by atoms with van der Waals surface area (Å²) in [6.45, 7) is 2.76. The van der Waals surface area contributed by atoms with Gasteiger partial charge in [0.05, 0.1) is 11.7 Å². The minimum atomic E-state index is -0.740. The summed E-state index contributed by atoms with van der Waals surface area (Å²) in [5.41, 5.74) is 6.09. The van der Waals surface area contributed by atoms with Crippen LogP contribution in [0.15, 0.2) is 18.2 Å². The fourth-order valence-electron chi connectivity index (χ4n) is 3.65. The topological polar surface area (TPSA) is 64.3 Å². The number of nitrogens with two attached hydrogens (primary N) is 1. The van der Waals surface area contributed by atoms with Crippen molar-refractivity contribution in [3.8, 4) is 0 Å². The second kappa shape index (κ2) is 5.30. The number of carbonyl (C=O) groups excluding carboxylic acids is 1. The quantitative estimate of drug-likeness (QED) is 0.877. The van der Waals surface area contributed by atoms with Crippen LogP contribution in [0.4, 0.5) is 10.1 Å².